The molecule has 1 atom stereocenters. The number of aliphatic imine (C=N–C) groups is 2. The first kappa shape index (κ1) is 10.3. The van der Waals surface area contributed by atoms with Crippen LogP contribution in [-0.4, -0.2) is 37.7 Å². The molecule has 0 N–H and O–H groups in total. The Labute approximate surface area is 70.3 Å². The lowest BCUT2D eigenvalue weighted by atomic mass is 10.4. The van der Waals surface area contributed by atoms with Crippen molar-refractivity contribution in [3.8, 4) is 0 Å². The van der Waals surface area contributed by atoms with Gasteiger partial charge in [-0.3, -0.25) is 4.90 Å². The van der Waals surface area contributed by atoms with Crippen molar-refractivity contribution < 1.29 is 1.43 Å². The van der Waals surface area contributed by atoms with E-state index >= 15 is 0 Å². The summed E-state index contributed by atoms with van der Waals surface area (Å²) in [4.78, 5) is 10.1. The molecule has 0 bridgehead atoms. The lowest BCUT2D eigenvalue weighted by Gasteiger charge is -2.15. The van der Waals surface area contributed by atoms with Crippen LogP contribution in [0, 0.1) is 0 Å². The molecule has 1 unspecified atom stereocenters. The van der Waals surface area contributed by atoms with Gasteiger partial charge < -0.3 is 0 Å². The maximum Gasteiger partial charge on any atom is 0.112 e. The summed E-state index contributed by atoms with van der Waals surface area (Å²) in [5.41, 5.74) is 0. The van der Waals surface area contributed by atoms with Crippen molar-refractivity contribution in [1.29, 1.82) is 0 Å². The van der Waals surface area contributed by atoms with E-state index in [0.29, 0.717) is 0 Å². The standard InChI is InChI=1S/C8H17N3.H2/c1-5-8(11(3)4)10-7-9-6-2;/h8H,5-6H2,1-4H3;1H. The van der Waals surface area contributed by atoms with E-state index in [1.165, 1.54) is 0 Å². The summed E-state index contributed by atoms with van der Waals surface area (Å²) in [5.74, 6) is 0. The van der Waals surface area contributed by atoms with E-state index in [-0.39, 0.29) is 7.59 Å². The Hall–Kier alpha value is -0.660. The predicted molar refractivity (Wildman–Crippen MR) is 50.3 cm³/mol. The summed E-state index contributed by atoms with van der Waals surface area (Å²) in [6.45, 7) is 4.83. The Morgan fingerprint density at radius 2 is 2.09 bits per heavy atom. The monoisotopic (exact) mass is 157 g/mol. The van der Waals surface area contributed by atoms with Crippen LogP contribution < -0.4 is 0 Å². The molecule has 11 heavy (non-hydrogen) atoms. The van der Waals surface area contributed by atoms with Crippen molar-refractivity contribution in [1.82, 2.24) is 4.90 Å². The fraction of sp³-hybridized carbons (Fsp3) is 0.875. The topological polar surface area (TPSA) is 28.0 Å². The third-order valence-corrected chi connectivity index (χ3v) is 1.40. The second kappa shape index (κ2) is 6.08. The minimum absolute atomic E-state index is 0. The van der Waals surface area contributed by atoms with E-state index in [1.54, 1.807) is 0 Å². The van der Waals surface area contributed by atoms with E-state index in [9.17, 15) is 0 Å². The van der Waals surface area contributed by atoms with Crippen molar-refractivity contribution in [3.63, 3.8) is 0 Å². The summed E-state index contributed by atoms with van der Waals surface area (Å²) in [7, 11) is 4.01. The van der Waals surface area contributed by atoms with Crippen molar-refractivity contribution in [2.75, 3.05) is 20.6 Å². The van der Waals surface area contributed by atoms with Gasteiger partial charge in [-0.25, -0.2) is 9.98 Å². The third-order valence-electron chi connectivity index (χ3n) is 1.40. The molecule has 0 saturated heterocycles. The molecule has 0 aromatic heterocycles. The SMILES string of the molecule is CCN=C=NC(CC)N(C)C.[HH]. The third kappa shape index (κ3) is 4.71. The first-order valence-corrected chi connectivity index (χ1v) is 4.00. The van der Waals surface area contributed by atoms with Crippen LogP contribution >= 0.6 is 0 Å². The van der Waals surface area contributed by atoms with E-state index in [4.69, 9.17) is 0 Å². The van der Waals surface area contributed by atoms with Gasteiger partial charge in [-0.2, -0.15) is 0 Å². The zero-order valence-corrected chi connectivity index (χ0v) is 7.83. The average Bonchev–Trinajstić information content (AvgIpc) is 1.97. The van der Waals surface area contributed by atoms with Crippen LogP contribution in [0.15, 0.2) is 9.98 Å². The zero-order chi connectivity index (χ0) is 8.69. The quantitative estimate of drug-likeness (QED) is 0.571. The highest BCUT2D eigenvalue weighted by Crippen LogP contribution is 1.97. The summed E-state index contributed by atoms with van der Waals surface area (Å²) in [6.07, 6.45) is 1.23. The summed E-state index contributed by atoms with van der Waals surface area (Å²) >= 11 is 0. The van der Waals surface area contributed by atoms with Crippen molar-refractivity contribution in [2.45, 2.75) is 26.4 Å². The van der Waals surface area contributed by atoms with Crippen LogP contribution in [0.5, 0.6) is 0 Å². The lowest BCUT2D eigenvalue weighted by molar-refractivity contribution is 0.296. The van der Waals surface area contributed by atoms with E-state index < -0.39 is 0 Å². The largest absolute Gasteiger partial charge is 0.287 e. The number of rotatable bonds is 4. The smallest absolute Gasteiger partial charge is 0.112 e. The lowest BCUT2D eigenvalue weighted by Crippen LogP contribution is -2.24. The first-order valence-electron chi connectivity index (χ1n) is 4.00. The maximum atomic E-state index is 4.14. The van der Waals surface area contributed by atoms with Gasteiger partial charge in [-0.1, -0.05) is 6.92 Å². The second-order valence-electron chi connectivity index (χ2n) is 2.56. The molecule has 0 rings (SSSR count). The zero-order valence-electron chi connectivity index (χ0n) is 7.83. The Balaban J connectivity index is 0. The van der Waals surface area contributed by atoms with Gasteiger partial charge in [0.15, 0.2) is 0 Å². The highest BCUT2D eigenvalue weighted by molar-refractivity contribution is 5.41. The Morgan fingerprint density at radius 1 is 1.45 bits per heavy atom. The molecule has 0 amide bonds. The Morgan fingerprint density at radius 3 is 2.45 bits per heavy atom. The minimum atomic E-state index is 0. The molecule has 66 valence electrons. The molecule has 3 heteroatoms. The van der Waals surface area contributed by atoms with Crippen molar-refractivity contribution in [3.05, 3.63) is 0 Å². The number of nitrogens with zero attached hydrogens (tertiary/aromatic N) is 3. The molecule has 0 aromatic rings. The molecule has 0 aromatic carbocycles. The summed E-state index contributed by atoms with van der Waals surface area (Å²) in [6, 6.07) is 2.68. The van der Waals surface area contributed by atoms with Gasteiger partial charge in [0.1, 0.15) is 6.17 Å². The van der Waals surface area contributed by atoms with Crippen molar-refractivity contribution in [2.24, 2.45) is 9.98 Å². The highest BCUT2D eigenvalue weighted by atomic mass is 15.2. The van der Waals surface area contributed by atoms with E-state index in [2.05, 4.69) is 27.8 Å². The fourth-order valence-electron chi connectivity index (χ4n) is 0.750. The van der Waals surface area contributed by atoms with Crippen LogP contribution in [0.4, 0.5) is 0 Å². The van der Waals surface area contributed by atoms with E-state index in [0.717, 1.165) is 13.0 Å². The Kier molecular flexibility index (Phi) is 5.71. The van der Waals surface area contributed by atoms with Crippen LogP contribution in [0.3, 0.4) is 0 Å². The van der Waals surface area contributed by atoms with Gasteiger partial charge in [0, 0.05) is 7.97 Å². The molecule has 0 saturated carbocycles. The van der Waals surface area contributed by atoms with E-state index in [1.807, 2.05) is 21.0 Å². The number of hydrogen-bond donors (Lipinski definition) is 0. The van der Waals surface area contributed by atoms with Gasteiger partial charge in [-0.15, -0.1) is 0 Å². The second-order valence-corrected chi connectivity index (χ2v) is 2.56. The molecule has 0 radical (unpaired) electrons. The molecule has 0 spiro atoms. The normalized spacial score (nSPS) is 12.5. The van der Waals surface area contributed by atoms with Gasteiger partial charge in [0.2, 0.25) is 0 Å². The van der Waals surface area contributed by atoms with Gasteiger partial charge in [0.05, 0.1) is 6.01 Å². The van der Waals surface area contributed by atoms with Crippen LogP contribution in [0.25, 0.3) is 0 Å². The van der Waals surface area contributed by atoms with Crippen molar-refractivity contribution >= 4 is 6.01 Å². The van der Waals surface area contributed by atoms with Gasteiger partial charge in [-0.05, 0) is 27.4 Å². The average molecular weight is 157 g/mol. The number of hydrogen-bond acceptors (Lipinski definition) is 3. The molecule has 0 aliphatic heterocycles. The van der Waals surface area contributed by atoms with Gasteiger partial charge in [0.25, 0.3) is 0 Å². The highest BCUT2D eigenvalue weighted by Gasteiger charge is 2.03. The summed E-state index contributed by atoms with van der Waals surface area (Å²) in [5, 5.41) is 0. The molecule has 0 aliphatic rings. The Bertz CT molecular complexity index is 150. The van der Waals surface area contributed by atoms with Gasteiger partial charge >= 0.3 is 0 Å². The predicted octanol–water partition coefficient (Wildman–Crippen LogP) is 1.72. The molecule has 3 nitrogen and oxygen atoms in total. The molecule has 0 aliphatic carbocycles. The van der Waals surface area contributed by atoms with Crippen LogP contribution in [0.1, 0.15) is 21.7 Å². The molecular weight excluding hydrogens is 138 g/mol. The fourth-order valence-corrected chi connectivity index (χ4v) is 0.750. The maximum absolute atomic E-state index is 4.14. The first-order chi connectivity index (χ1) is 5.22. The van der Waals surface area contributed by atoms with Crippen LogP contribution in [0.2, 0.25) is 0 Å². The molecule has 0 fully saturated rings. The summed E-state index contributed by atoms with van der Waals surface area (Å²) < 4.78 is 0. The van der Waals surface area contributed by atoms with Crippen LogP contribution in [-0.2, 0) is 0 Å². The molecule has 0 heterocycles. The minimum Gasteiger partial charge on any atom is -0.287 e. The molecular formula is C8H19N3.